The van der Waals surface area contributed by atoms with Crippen molar-refractivity contribution in [2.75, 3.05) is 56.2 Å². The predicted octanol–water partition coefficient (Wildman–Crippen LogP) is 3.15. The number of benzene rings is 1. The van der Waals surface area contributed by atoms with E-state index < -0.39 is 0 Å². The molecule has 1 aromatic heterocycles. The number of pyridine rings is 1. The van der Waals surface area contributed by atoms with Gasteiger partial charge in [0.1, 0.15) is 0 Å². The van der Waals surface area contributed by atoms with Crippen LogP contribution in [0.5, 0.6) is 0 Å². The first kappa shape index (κ1) is 22.3. The number of carbonyl (C=O) groups excluding carboxylic acids is 2. The van der Waals surface area contributed by atoms with Crippen molar-refractivity contribution >= 4 is 40.6 Å². The molecule has 9 heteroatoms. The number of nitrogens with zero attached hydrogens (tertiary/aromatic N) is 4. The number of hydrogen-bond acceptors (Lipinski definition) is 6. The van der Waals surface area contributed by atoms with Crippen LogP contribution in [0.3, 0.4) is 0 Å². The second kappa shape index (κ2) is 9.77. The third kappa shape index (κ3) is 4.75. The van der Waals surface area contributed by atoms with Crippen LogP contribution >= 0.6 is 11.6 Å². The van der Waals surface area contributed by atoms with E-state index >= 15 is 0 Å². The molecule has 2 fully saturated rings. The van der Waals surface area contributed by atoms with E-state index in [1.54, 1.807) is 41.4 Å². The first-order chi connectivity index (χ1) is 16.1. The van der Waals surface area contributed by atoms with Gasteiger partial charge in [0, 0.05) is 36.9 Å². The number of aromatic nitrogens is 1. The number of anilines is 3. The summed E-state index contributed by atoms with van der Waals surface area (Å²) in [6.45, 7) is 5.46. The van der Waals surface area contributed by atoms with E-state index in [4.69, 9.17) is 16.3 Å². The molecule has 1 atom stereocenters. The Morgan fingerprint density at radius 1 is 1.18 bits per heavy atom. The van der Waals surface area contributed by atoms with Gasteiger partial charge in [-0.15, -0.1) is 0 Å². The molecule has 0 aliphatic carbocycles. The minimum atomic E-state index is -0.283. The summed E-state index contributed by atoms with van der Waals surface area (Å²) in [7, 11) is 0. The third-order valence-electron chi connectivity index (χ3n) is 6.60. The van der Waals surface area contributed by atoms with Gasteiger partial charge < -0.3 is 10.1 Å². The largest absolute Gasteiger partial charge is 0.379 e. The molecule has 0 spiro atoms. The molecule has 1 unspecified atom stereocenters. The van der Waals surface area contributed by atoms with E-state index in [2.05, 4.69) is 20.1 Å². The number of amides is 2. The topological polar surface area (TPSA) is 78.0 Å². The fourth-order valence-electron chi connectivity index (χ4n) is 4.91. The molecule has 8 nitrogen and oxygen atoms in total. The number of hydrogen-bond donors (Lipinski definition) is 1. The number of piperidine rings is 1. The van der Waals surface area contributed by atoms with Gasteiger partial charge in [-0.3, -0.25) is 24.3 Å². The second-order valence-corrected chi connectivity index (χ2v) is 9.19. The van der Waals surface area contributed by atoms with Crippen LogP contribution in [0, 0.1) is 0 Å². The van der Waals surface area contributed by atoms with E-state index in [0.717, 1.165) is 52.2 Å². The predicted molar refractivity (Wildman–Crippen MR) is 127 cm³/mol. The Bertz CT molecular complexity index is 1040. The van der Waals surface area contributed by atoms with Crippen LogP contribution in [0.1, 0.15) is 29.6 Å². The van der Waals surface area contributed by atoms with Gasteiger partial charge in [-0.2, -0.15) is 0 Å². The van der Waals surface area contributed by atoms with Crippen molar-refractivity contribution in [3.05, 3.63) is 47.1 Å². The van der Waals surface area contributed by atoms with Crippen LogP contribution in [0.2, 0.25) is 5.02 Å². The Kier molecular flexibility index (Phi) is 6.59. The average molecular weight is 470 g/mol. The zero-order chi connectivity index (χ0) is 22.8. The summed E-state index contributed by atoms with van der Waals surface area (Å²) in [5.41, 5.74) is 1.37. The van der Waals surface area contributed by atoms with Gasteiger partial charge >= 0.3 is 0 Å². The zero-order valence-electron chi connectivity index (χ0n) is 18.5. The summed E-state index contributed by atoms with van der Waals surface area (Å²) in [4.78, 5) is 37.4. The molecule has 2 amide bonds. The van der Waals surface area contributed by atoms with Gasteiger partial charge in [-0.05, 0) is 49.7 Å². The van der Waals surface area contributed by atoms with E-state index in [-0.39, 0.29) is 18.4 Å². The molecule has 0 saturated carbocycles. The van der Waals surface area contributed by atoms with Gasteiger partial charge in [0.2, 0.25) is 5.91 Å². The standard InChI is InChI=1S/C24H28ClN5O3/c25-17-6-7-19-21(14-17)30(23-20(27-24(19)32)5-3-8-26-23)22(31)16-29-9-2-1-4-18(29)15-28-10-12-33-13-11-28/h3,5-8,14,18H,1-2,4,9-13,15-16H2,(H,27,32). The quantitative estimate of drug-likeness (QED) is 0.741. The normalized spacial score (nSPS) is 21.7. The summed E-state index contributed by atoms with van der Waals surface area (Å²) in [6.07, 6.45) is 4.94. The fraction of sp³-hybridized carbons (Fsp3) is 0.458. The molecule has 0 bridgehead atoms. The van der Waals surface area contributed by atoms with Crippen molar-refractivity contribution in [1.82, 2.24) is 14.8 Å². The number of fused-ring (bicyclic) bond motifs is 2. The molecule has 1 N–H and O–H groups in total. The molecule has 1 aromatic carbocycles. The molecule has 3 aliphatic rings. The van der Waals surface area contributed by atoms with Crippen molar-refractivity contribution in [2.45, 2.75) is 25.3 Å². The van der Waals surface area contributed by atoms with Gasteiger partial charge in [0.15, 0.2) is 5.82 Å². The van der Waals surface area contributed by atoms with Gasteiger partial charge in [0.05, 0.1) is 36.7 Å². The number of ether oxygens (including phenoxy) is 1. The lowest BCUT2D eigenvalue weighted by Gasteiger charge is -2.40. The molecule has 5 rings (SSSR count). The van der Waals surface area contributed by atoms with Crippen LogP contribution in [-0.2, 0) is 9.53 Å². The van der Waals surface area contributed by atoms with Crippen molar-refractivity contribution in [3.8, 4) is 0 Å². The number of halogens is 1. The first-order valence-electron chi connectivity index (χ1n) is 11.5. The maximum Gasteiger partial charge on any atom is 0.257 e. The van der Waals surface area contributed by atoms with Crippen LogP contribution < -0.4 is 10.2 Å². The highest BCUT2D eigenvalue weighted by Crippen LogP contribution is 2.38. The zero-order valence-corrected chi connectivity index (χ0v) is 19.3. The number of morpholine rings is 1. The lowest BCUT2D eigenvalue weighted by Crippen LogP contribution is -2.52. The Morgan fingerprint density at radius 2 is 2.03 bits per heavy atom. The smallest absolute Gasteiger partial charge is 0.257 e. The summed E-state index contributed by atoms with van der Waals surface area (Å²) in [5.74, 6) is 0.0110. The van der Waals surface area contributed by atoms with Crippen LogP contribution in [0.25, 0.3) is 0 Å². The van der Waals surface area contributed by atoms with Crippen LogP contribution in [0.4, 0.5) is 17.2 Å². The Morgan fingerprint density at radius 3 is 2.88 bits per heavy atom. The molecule has 33 heavy (non-hydrogen) atoms. The lowest BCUT2D eigenvalue weighted by atomic mass is 10.0. The van der Waals surface area contributed by atoms with Crippen molar-refractivity contribution in [1.29, 1.82) is 0 Å². The summed E-state index contributed by atoms with van der Waals surface area (Å²) < 4.78 is 5.49. The molecule has 2 aromatic rings. The SMILES string of the molecule is O=C1Nc2cccnc2N(C(=O)CN2CCCCC2CN2CCOCC2)c2cc(Cl)ccc21. The lowest BCUT2D eigenvalue weighted by molar-refractivity contribution is -0.120. The van der Waals surface area contributed by atoms with Crippen molar-refractivity contribution in [2.24, 2.45) is 0 Å². The monoisotopic (exact) mass is 469 g/mol. The highest BCUT2D eigenvalue weighted by Gasteiger charge is 2.34. The van der Waals surface area contributed by atoms with E-state index in [0.29, 0.717) is 33.8 Å². The number of nitrogens with one attached hydrogen (secondary N) is 1. The summed E-state index contributed by atoms with van der Waals surface area (Å²) in [6, 6.07) is 8.80. The second-order valence-electron chi connectivity index (χ2n) is 8.75. The maximum absolute atomic E-state index is 13.8. The fourth-order valence-corrected chi connectivity index (χ4v) is 5.08. The summed E-state index contributed by atoms with van der Waals surface area (Å²) >= 11 is 6.28. The van der Waals surface area contributed by atoms with Crippen molar-refractivity contribution < 1.29 is 14.3 Å². The Hall–Kier alpha value is -2.52. The number of likely N-dealkylation sites (tertiary alicyclic amines) is 1. The minimum absolute atomic E-state index is 0.121. The van der Waals surface area contributed by atoms with Crippen LogP contribution in [0.15, 0.2) is 36.5 Å². The van der Waals surface area contributed by atoms with Crippen molar-refractivity contribution in [3.63, 3.8) is 0 Å². The van der Waals surface area contributed by atoms with E-state index in [9.17, 15) is 9.59 Å². The Balaban J connectivity index is 1.44. The maximum atomic E-state index is 13.8. The molecule has 0 radical (unpaired) electrons. The molecular formula is C24H28ClN5O3. The van der Waals surface area contributed by atoms with Gasteiger partial charge in [-0.1, -0.05) is 18.0 Å². The molecular weight excluding hydrogens is 442 g/mol. The highest BCUT2D eigenvalue weighted by molar-refractivity contribution is 6.31. The van der Waals surface area contributed by atoms with Crippen LogP contribution in [-0.4, -0.2) is 78.6 Å². The molecule has 3 aliphatic heterocycles. The summed E-state index contributed by atoms with van der Waals surface area (Å²) in [5, 5.41) is 3.34. The molecule has 4 heterocycles. The Labute approximate surface area is 198 Å². The molecule has 2 saturated heterocycles. The first-order valence-corrected chi connectivity index (χ1v) is 11.9. The minimum Gasteiger partial charge on any atom is -0.379 e. The van der Waals surface area contributed by atoms with Gasteiger partial charge in [-0.25, -0.2) is 4.98 Å². The van der Waals surface area contributed by atoms with E-state index in [1.807, 2.05) is 0 Å². The average Bonchev–Trinajstić information content (AvgIpc) is 2.94. The van der Waals surface area contributed by atoms with E-state index in [1.165, 1.54) is 6.42 Å². The van der Waals surface area contributed by atoms with Gasteiger partial charge in [0.25, 0.3) is 5.91 Å². The third-order valence-corrected chi connectivity index (χ3v) is 6.84. The highest BCUT2D eigenvalue weighted by atomic mass is 35.5. The number of rotatable bonds is 4. The number of carbonyl (C=O) groups is 2. The molecule has 174 valence electrons.